The highest BCUT2D eigenvalue weighted by molar-refractivity contribution is 6.43. The highest BCUT2D eigenvalue weighted by Gasteiger charge is 2.34. The fraction of sp³-hybridized carbons (Fsp3) is 0.217. The molecule has 2 aliphatic rings. The molecule has 0 atom stereocenters. The Morgan fingerprint density at radius 2 is 0.846 bits per heavy atom. The lowest BCUT2D eigenvalue weighted by molar-refractivity contribution is -0.135. The minimum absolute atomic E-state index is 0.0780. The van der Waals surface area contributed by atoms with Crippen LogP contribution in [-0.2, 0) is 9.59 Å². The van der Waals surface area contributed by atoms with E-state index in [1.165, 1.54) is 0 Å². The number of unbranched alkanes of at least 4 members (excludes halogenated alkanes) is 4. The number of carbonyl (C=O) groups is 4. The van der Waals surface area contributed by atoms with Gasteiger partial charge in [0.2, 0.25) is 0 Å². The molecule has 7 aromatic rings. The van der Waals surface area contributed by atoms with Gasteiger partial charge in [-0.1, -0.05) is 100 Å². The second-order valence-electron chi connectivity index (χ2n) is 14.0. The molecule has 0 bridgehead atoms. The van der Waals surface area contributed by atoms with E-state index in [4.69, 9.17) is 9.47 Å². The molecule has 0 saturated carbocycles. The van der Waals surface area contributed by atoms with E-state index in [1.54, 1.807) is 0 Å². The van der Waals surface area contributed by atoms with E-state index in [2.05, 4.69) is 13.8 Å². The van der Waals surface area contributed by atoms with Crippen molar-refractivity contribution in [1.29, 1.82) is 0 Å². The number of ketones is 2. The molecule has 0 amide bonds. The van der Waals surface area contributed by atoms with E-state index in [0.29, 0.717) is 57.4 Å². The van der Waals surface area contributed by atoms with Gasteiger partial charge < -0.3 is 9.47 Å². The molecular formula is C46H36O6. The van der Waals surface area contributed by atoms with E-state index in [0.717, 1.165) is 80.3 Å². The number of fused-ring (bicyclic) bond motifs is 6. The van der Waals surface area contributed by atoms with Crippen LogP contribution in [0.1, 0.15) is 97.1 Å². The maximum Gasteiger partial charge on any atom is 0.311 e. The molecule has 7 aromatic carbocycles. The zero-order chi connectivity index (χ0) is 35.7. The van der Waals surface area contributed by atoms with Gasteiger partial charge in [-0.15, -0.1) is 0 Å². The Balaban J connectivity index is 1.45. The van der Waals surface area contributed by atoms with Crippen LogP contribution in [0.2, 0.25) is 0 Å². The molecule has 0 saturated heterocycles. The molecule has 0 N–H and O–H groups in total. The van der Waals surface area contributed by atoms with E-state index in [-0.39, 0.29) is 36.3 Å². The zero-order valence-corrected chi connectivity index (χ0v) is 29.2. The molecule has 0 radical (unpaired) electrons. The van der Waals surface area contributed by atoms with Crippen molar-refractivity contribution in [3.63, 3.8) is 0 Å². The van der Waals surface area contributed by atoms with E-state index in [9.17, 15) is 19.2 Å². The summed E-state index contributed by atoms with van der Waals surface area (Å²) in [5, 5.41) is 5.94. The average molecular weight is 685 g/mol. The van der Waals surface area contributed by atoms with Gasteiger partial charge in [0.05, 0.1) is 0 Å². The Hall–Kier alpha value is -5.88. The largest absolute Gasteiger partial charge is 0.426 e. The van der Waals surface area contributed by atoms with Crippen molar-refractivity contribution in [3.8, 4) is 33.8 Å². The van der Waals surface area contributed by atoms with Crippen LogP contribution in [0.4, 0.5) is 0 Å². The van der Waals surface area contributed by atoms with Gasteiger partial charge in [0.1, 0.15) is 11.5 Å². The first-order valence-electron chi connectivity index (χ1n) is 18.4. The van der Waals surface area contributed by atoms with E-state index >= 15 is 0 Å². The summed E-state index contributed by atoms with van der Waals surface area (Å²) in [7, 11) is 0. The highest BCUT2D eigenvalue weighted by atomic mass is 16.5. The highest BCUT2D eigenvalue weighted by Crippen LogP contribution is 2.55. The molecule has 0 unspecified atom stereocenters. The SMILES string of the molecule is CCCCCC(=O)Oc1cc2c3c(ccc4c5ccc6c7c(cc(OC(=O)CCCCC)c(c1c34)c75)-c1ccccc1C6=O)C(=O)c1ccccc1-2. The van der Waals surface area contributed by atoms with Crippen molar-refractivity contribution in [3.05, 3.63) is 107 Å². The normalized spacial score (nSPS) is 12.9. The lowest BCUT2D eigenvalue weighted by atomic mass is 9.76. The maximum atomic E-state index is 14.1. The standard InChI is InChI=1S/C46H36O6/c1-3-5-7-17-37(47)51-35-23-33-25-13-9-11-15-29(25)45(49)31-21-19-27-28-20-22-32-40-34(26-14-10-12-16-30(26)46(32)50)24-36(52-38(48)18-8-6-4-2)44(42(28)40)43(35)41(27)39(31)33/h9-16,19-24H,3-8,17-18H2,1-2H3. The summed E-state index contributed by atoms with van der Waals surface area (Å²) in [6.45, 7) is 4.18. The first-order chi connectivity index (χ1) is 25.4. The van der Waals surface area contributed by atoms with Gasteiger partial charge in [-0.05, 0) is 70.1 Å². The molecular weight excluding hydrogens is 649 g/mol. The van der Waals surface area contributed by atoms with Crippen LogP contribution in [-0.4, -0.2) is 23.5 Å². The van der Waals surface area contributed by atoms with Crippen molar-refractivity contribution in [2.45, 2.75) is 65.2 Å². The van der Waals surface area contributed by atoms with E-state index < -0.39 is 0 Å². The van der Waals surface area contributed by atoms with Gasteiger partial charge in [-0.3, -0.25) is 19.2 Å². The monoisotopic (exact) mass is 684 g/mol. The second kappa shape index (κ2) is 12.4. The summed E-state index contributed by atoms with van der Waals surface area (Å²) >= 11 is 0. The molecule has 9 rings (SSSR count). The van der Waals surface area contributed by atoms with Crippen LogP contribution < -0.4 is 9.47 Å². The molecule has 52 heavy (non-hydrogen) atoms. The minimum atomic E-state index is -0.357. The molecule has 0 spiro atoms. The van der Waals surface area contributed by atoms with Gasteiger partial charge in [-0.25, -0.2) is 0 Å². The molecule has 2 aliphatic carbocycles. The van der Waals surface area contributed by atoms with Crippen molar-refractivity contribution < 1.29 is 28.7 Å². The number of benzene rings is 7. The summed E-state index contributed by atoms with van der Waals surface area (Å²) in [5.41, 5.74) is 5.45. The van der Waals surface area contributed by atoms with E-state index in [1.807, 2.05) is 84.9 Å². The number of carbonyl (C=O) groups excluding carboxylic acids is 4. The molecule has 0 fully saturated rings. The summed E-state index contributed by atoms with van der Waals surface area (Å²) in [6.07, 6.45) is 5.64. The predicted molar refractivity (Wildman–Crippen MR) is 205 cm³/mol. The smallest absolute Gasteiger partial charge is 0.311 e. The van der Waals surface area contributed by atoms with Crippen molar-refractivity contribution in [2.24, 2.45) is 0 Å². The topological polar surface area (TPSA) is 86.7 Å². The molecule has 256 valence electrons. The van der Waals surface area contributed by atoms with Gasteiger partial charge in [0.15, 0.2) is 11.6 Å². The van der Waals surface area contributed by atoms with Crippen LogP contribution in [0.3, 0.4) is 0 Å². The van der Waals surface area contributed by atoms with Crippen molar-refractivity contribution in [1.82, 2.24) is 0 Å². The zero-order valence-electron chi connectivity index (χ0n) is 29.2. The fourth-order valence-electron chi connectivity index (χ4n) is 8.50. The van der Waals surface area contributed by atoms with Crippen molar-refractivity contribution >= 4 is 66.6 Å². The van der Waals surface area contributed by atoms with Crippen LogP contribution in [0.5, 0.6) is 11.5 Å². The number of hydrogen-bond donors (Lipinski definition) is 0. The quantitative estimate of drug-likeness (QED) is 0.0468. The average Bonchev–Trinajstić information content (AvgIpc) is 3.16. The van der Waals surface area contributed by atoms with Gasteiger partial charge in [0, 0.05) is 67.4 Å². The number of rotatable bonds is 10. The maximum absolute atomic E-state index is 14.1. The van der Waals surface area contributed by atoms with Crippen LogP contribution in [0.25, 0.3) is 65.3 Å². The summed E-state index contributed by atoms with van der Waals surface area (Å²) in [6, 6.07) is 26.5. The molecule has 6 nitrogen and oxygen atoms in total. The Bertz CT molecular complexity index is 2500. The summed E-state index contributed by atoms with van der Waals surface area (Å²) in [5.74, 6) is -0.196. The fourth-order valence-corrected chi connectivity index (χ4v) is 8.50. The first-order valence-corrected chi connectivity index (χ1v) is 18.4. The third-order valence-corrected chi connectivity index (χ3v) is 10.9. The van der Waals surface area contributed by atoms with Crippen molar-refractivity contribution in [2.75, 3.05) is 0 Å². The Morgan fingerprint density at radius 3 is 1.25 bits per heavy atom. The Kier molecular flexibility index (Phi) is 7.65. The number of esters is 2. The lowest BCUT2D eigenvalue weighted by Gasteiger charge is -2.27. The van der Waals surface area contributed by atoms with Gasteiger partial charge in [0.25, 0.3) is 0 Å². The second-order valence-corrected chi connectivity index (χ2v) is 14.0. The number of ether oxygens (including phenoxy) is 2. The molecule has 0 aromatic heterocycles. The van der Waals surface area contributed by atoms with Crippen LogP contribution in [0.15, 0.2) is 84.9 Å². The van der Waals surface area contributed by atoms with Gasteiger partial charge >= 0.3 is 11.9 Å². The number of hydrogen-bond acceptors (Lipinski definition) is 6. The predicted octanol–water partition coefficient (Wildman–Crippen LogP) is 11.1. The van der Waals surface area contributed by atoms with Gasteiger partial charge in [-0.2, -0.15) is 0 Å². The third kappa shape index (κ3) is 4.70. The van der Waals surface area contributed by atoms with Crippen LogP contribution in [0, 0.1) is 0 Å². The third-order valence-electron chi connectivity index (χ3n) is 10.9. The Morgan fingerprint density at radius 1 is 0.442 bits per heavy atom. The summed E-state index contributed by atoms with van der Waals surface area (Å²) < 4.78 is 12.7. The minimum Gasteiger partial charge on any atom is -0.426 e. The first kappa shape index (κ1) is 32.1. The van der Waals surface area contributed by atoms with Crippen LogP contribution >= 0.6 is 0 Å². The summed E-state index contributed by atoms with van der Waals surface area (Å²) in [4.78, 5) is 55.4. The molecule has 6 heteroatoms. The Labute approximate surface area is 300 Å². The lowest BCUT2D eigenvalue weighted by Crippen LogP contribution is -2.14. The molecule has 0 heterocycles. The molecule has 0 aliphatic heterocycles.